The molecule has 0 amide bonds. The van der Waals surface area contributed by atoms with Crippen molar-refractivity contribution in [2.24, 2.45) is 0 Å². The number of para-hydroxylation sites is 10. The first-order chi connectivity index (χ1) is 66.5. The van der Waals surface area contributed by atoms with Gasteiger partial charge in [-0.2, -0.15) is 4.79 Å². The molecule has 136 heavy (non-hydrogen) atoms. The quantitative estimate of drug-likeness (QED) is 0.00335. The van der Waals surface area contributed by atoms with E-state index in [4.69, 9.17) is 166 Å². The number of aliphatic hydroxyl groups excluding tert-OH is 5. The summed E-state index contributed by atoms with van der Waals surface area (Å²) in [7, 11) is 8.29. The van der Waals surface area contributed by atoms with E-state index in [2.05, 4.69) is 40.7 Å². The Labute approximate surface area is 818 Å². The van der Waals surface area contributed by atoms with Gasteiger partial charge in [-0.1, -0.05) is 60.7 Å². The van der Waals surface area contributed by atoms with Crippen molar-refractivity contribution in [1.29, 1.82) is 0 Å². The number of carbonyl (C=O) groups is 2. The molecule has 3 saturated heterocycles. The molecule has 0 unspecified atom stereocenters. The minimum Gasteiger partial charge on any atom is -0.495 e. The Morgan fingerprint density at radius 3 is 0.882 bits per heavy atom. The Bertz CT molecular complexity index is 3750. The fraction of sp³-hybridized carbons (Fsp3) is 0.585. The number of benzene rings is 6. The number of hydrogen-bond acceptors (Lipinski definition) is 36. The van der Waals surface area contributed by atoms with Crippen LogP contribution in [0.1, 0.15) is 17.3 Å². The van der Waals surface area contributed by atoms with Gasteiger partial charge in [0.1, 0.15) is 40.8 Å². The van der Waals surface area contributed by atoms with Crippen molar-refractivity contribution in [2.45, 2.75) is 6.92 Å². The van der Waals surface area contributed by atoms with E-state index in [0.717, 1.165) is 111 Å². The highest BCUT2D eigenvalue weighted by Crippen LogP contribution is 2.47. The maximum Gasteiger partial charge on any atom is 0.446 e. The lowest BCUT2D eigenvalue weighted by Gasteiger charge is -2.26. The lowest BCUT2D eigenvalue weighted by Crippen LogP contribution is -2.32. The third kappa shape index (κ3) is 58.7. The number of rotatable bonds is 32. The van der Waals surface area contributed by atoms with Gasteiger partial charge in [-0.15, -0.1) is 34.8 Å². The summed E-state index contributed by atoms with van der Waals surface area (Å²) in [5.41, 5.74) is 19.3. The summed E-state index contributed by atoms with van der Waals surface area (Å²) in [6, 6.07) is 43.9. The lowest BCUT2D eigenvalue weighted by atomic mass is 10.2. The maximum absolute atomic E-state index is 11.4. The van der Waals surface area contributed by atoms with Crippen LogP contribution in [0.3, 0.4) is 0 Å². The molecule has 0 saturated carbocycles. The number of nitrogen functional groups attached to an aromatic ring is 1. The van der Waals surface area contributed by atoms with E-state index in [-0.39, 0.29) is 33.0 Å². The molecule has 9 rings (SSSR count). The van der Waals surface area contributed by atoms with Crippen molar-refractivity contribution in [3.05, 3.63) is 151 Å². The van der Waals surface area contributed by atoms with Crippen molar-refractivity contribution in [2.75, 3.05) is 388 Å². The number of nitrogens with two attached hydrogens (primary N) is 1. The highest BCUT2D eigenvalue weighted by Gasteiger charge is 2.42. The summed E-state index contributed by atoms with van der Waals surface area (Å²) < 4.78 is 128. The van der Waals surface area contributed by atoms with Gasteiger partial charge < -0.3 is 165 Å². The van der Waals surface area contributed by atoms with E-state index < -0.39 is 18.8 Å². The predicted octanol–water partition coefficient (Wildman–Crippen LogP) is 9.21. The topological polar surface area (TPSA) is 434 Å². The summed E-state index contributed by atoms with van der Waals surface area (Å²) in [5, 5.41) is 43.4. The number of ether oxygens (including phenoxy) is 20. The van der Waals surface area contributed by atoms with Crippen LogP contribution in [0, 0.1) is 0 Å². The maximum atomic E-state index is 11.4. The largest absolute Gasteiger partial charge is 0.495 e. The Hall–Kier alpha value is -8.10. The Kier molecular flexibility index (Phi) is 81.8. The molecule has 42 heteroatoms. The summed E-state index contributed by atoms with van der Waals surface area (Å²) in [5.74, 6) is 5.37. The summed E-state index contributed by atoms with van der Waals surface area (Å²) in [6.45, 7) is 24.3. The smallest absolute Gasteiger partial charge is 0.446 e. The van der Waals surface area contributed by atoms with E-state index in [9.17, 15) is 14.2 Å². The third-order valence-electron chi connectivity index (χ3n) is 18.4. The van der Waals surface area contributed by atoms with Gasteiger partial charge >= 0.3 is 13.0 Å². The number of aliphatic hydroxyl groups is 5. The number of nitrogens with zero attached hydrogens (tertiary/aromatic N) is 7. The van der Waals surface area contributed by atoms with Gasteiger partial charge in [0.15, 0.2) is 0 Å². The molecule has 3 aliphatic rings. The van der Waals surface area contributed by atoms with Crippen LogP contribution < -0.4 is 58.7 Å². The third-order valence-corrected chi connectivity index (χ3v) is 20.8. The molecule has 6 aromatic rings. The van der Waals surface area contributed by atoms with Crippen molar-refractivity contribution >= 4 is 94.0 Å². The second-order valence-electron chi connectivity index (χ2n) is 27.5. The fourth-order valence-corrected chi connectivity index (χ4v) is 13.0. The van der Waals surface area contributed by atoms with Gasteiger partial charge in [0.25, 0.3) is 0 Å². The second-order valence-corrected chi connectivity index (χ2v) is 30.8. The number of aldehydes is 1. The van der Waals surface area contributed by atoms with Crippen molar-refractivity contribution < 1.29 is 148 Å². The number of anilines is 6. The van der Waals surface area contributed by atoms with Gasteiger partial charge in [0, 0.05) is 110 Å². The first-order valence-electron chi connectivity index (χ1n) is 44.6. The zero-order valence-corrected chi connectivity index (χ0v) is 83.8. The van der Waals surface area contributed by atoms with Gasteiger partial charge in [-0.3, -0.25) is 9.59 Å². The van der Waals surface area contributed by atoms with Crippen LogP contribution in [0.15, 0.2) is 140 Å². The van der Waals surface area contributed by atoms with E-state index in [1.165, 1.54) is 0 Å². The number of hydrogen-bond donors (Lipinski definition) is 6. The lowest BCUT2D eigenvalue weighted by molar-refractivity contribution is -0.114. The first kappa shape index (κ1) is 126. The minimum atomic E-state index is -3.70. The molecule has 0 aliphatic carbocycles. The molecular weight excluding hydrogens is 1860 g/mol. The Morgan fingerprint density at radius 2 is 0.647 bits per heavy atom. The van der Waals surface area contributed by atoms with Crippen LogP contribution in [0.5, 0.6) is 34.5 Å². The van der Waals surface area contributed by atoms with Crippen LogP contribution in [0.2, 0.25) is 0 Å². The molecule has 3 fully saturated rings. The van der Waals surface area contributed by atoms with Gasteiger partial charge in [0.05, 0.1) is 295 Å². The van der Waals surface area contributed by atoms with Crippen LogP contribution in [-0.4, -0.2) is 406 Å². The Morgan fingerprint density at radius 1 is 0.382 bits per heavy atom. The molecule has 0 bridgehead atoms. The van der Waals surface area contributed by atoms with Crippen LogP contribution in [0.4, 0.5) is 34.1 Å². The van der Waals surface area contributed by atoms with Crippen LogP contribution in [-0.2, 0) is 84.7 Å². The number of halogens is 3. The number of methoxy groups -OCH3 is 6. The normalized spacial score (nSPS) is 14.8. The average Bonchev–Trinajstić information content (AvgIpc) is 0.831. The van der Waals surface area contributed by atoms with Gasteiger partial charge in [-0.05, 0) is 78.9 Å². The number of ketones is 1. The Balaban J connectivity index is 0.000000789. The highest BCUT2D eigenvalue weighted by atomic mass is 35.5. The first-order valence-corrected chi connectivity index (χ1v) is 47.7. The molecule has 38 nitrogen and oxygen atoms in total. The molecule has 3 aliphatic heterocycles. The van der Waals surface area contributed by atoms with E-state index >= 15 is 0 Å². The van der Waals surface area contributed by atoms with E-state index in [1.54, 1.807) is 60.9 Å². The average molecular weight is 2010 g/mol. The van der Waals surface area contributed by atoms with Crippen molar-refractivity contribution in [3.63, 3.8) is 0 Å². The monoisotopic (exact) mass is 2010 g/mol. The summed E-state index contributed by atoms with van der Waals surface area (Å²) in [6.07, 6.45) is 0.810. The minimum absolute atomic E-state index is 0.0536. The van der Waals surface area contributed by atoms with Crippen molar-refractivity contribution in [3.8, 4) is 34.5 Å². The standard InChI is InChI=1S/C18H27NO6.2C17H27NO5.2C11H17NO3.C7H9NO.C6H12Cl2O2.C5H9N2O4P.C2H5ClO/c1-21-18-14-16(15-20)2-3-17(18)19-4-6-22-8-10-24-12-13-25-11-9-23-7-5-19;2*1-19-17-5-3-2-4-16(17)18-6-8-20-10-12-22-14-15-23-13-11-21-9-7-18;2*1-15-11-5-3-2-4-10(11)12(6-8-13)7-9-14;1-9-7-5-3-2-4-6(7)8;7-1-3-9-5-6-10-4-2-8;1-4(8)5(7-6)12(9,10-2)11-3;3-1-2-4/h2-3,14-15H,4-13H2,1H3;2*2-5H,6-15H2,1H3;2*2-5,13-14H,6-9H2,1H3;2-5H,8H2,1H3;1-6H2;1-3H3;4H,1-2H2. The second kappa shape index (κ2) is 88.3. The fourth-order valence-electron chi connectivity index (χ4n) is 11.8. The molecule has 6 aromatic carbocycles. The molecule has 772 valence electrons. The molecule has 3 heterocycles. The SMILES string of the molecule is COP(=O)(OC)C(=[N+]=[N-])C(C)=O.COc1cc(C=O)ccc1N1CCOCCOCCOCCOCC1.COc1ccccc1N.COc1ccccc1N(CCO)CCO.COc1ccccc1N(CCO)CCO.COc1ccccc1N1CCOCCOCCOCCOCC1.COc1ccccc1N1CCOCCOCCOCCOCC1.ClCCOCCOCCCl.OCCCl. The zero-order chi connectivity index (χ0) is 99.8. The van der Waals surface area contributed by atoms with Gasteiger partial charge in [0.2, 0.25) is 5.78 Å². The predicted molar refractivity (Wildman–Crippen MR) is 529 cm³/mol. The highest BCUT2D eigenvalue weighted by molar-refractivity contribution is 7.74. The summed E-state index contributed by atoms with van der Waals surface area (Å²) in [4.78, 5) is 34.6. The number of Topliss-reactive ketones (excluding diaryl/α,β-unsaturated/α-hetero) is 1. The summed E-state index contributed by atoms with van der Waals surface area (Å²) >= 11 is 15.6. The van der Waals surface area contributed by atoms with Gasteiger partial charge in [-0.25, -0.2) is 4.57 Å². The van der Waals surface area contributed by atoms with Crippen LogP contribution >= 0.6 is 42.4 Å². The molecule has 7 N–H and O–H groups in total. The molecule has 0 spiro atoms. The molecule has 0 radical (unpaired) electrons. The zero-order valence-electron chi connectivity index (χ0n) is 80.6. The number of carbonyl (C=O) groups excluding carboxylic acids is 2. The molecule has 0 aromatic heterocycles. The van der Waals surface area contributed by atoms with Crippen molar-refractivity contribution in [1.82, 2.24) is 0 Å². The van der Waals surface area contributed by atoms with Crippen LogP contribution in [0.25, 0.3) is 5.53 Å². The molecule has 0 atom stereocenters. The molecular formula is C94H150Cl3N8O30P. The van der Waals surface area contributed by atoms with E-state index in [0.29, 0.717) is 259 Å². The number of alkyl halides is 3. The van der Waals surface area contributed by atoms with E-state index in [1.807, 2.05) is 119 Å².